The minimum atomic E-state index is -3.35. The number of anilines is 1. The number of nitrogens with zero attached hydrogens (tertiary/aromatic N) is 3. The van der Waals surface area contributed by atoms with Crippen molar-refractivity contribution in [2.24, 2.45) is 0 Å². The summed E-state index contributed by atoms with van der Waals surface area (Å²) >= 11 is 1.22. The van der Waals surface area contributed by atoms with Gasteiger partial charge in [0.25, 0.3) is 5.91 Å². The number of thiazole rings is 1. The zero-order valence-corrected chi connectivity index (χ0v) is 18.8. The average Bonchev–Trinajstić information content (AvgIpc) is 3.53. The molecule has 0 saturated heterocycles. The third-order valence-corrected chi connectivity index (χ3v) is 7.72. The molecule has 1 atom stereocenters. The molecule has 0 aliphatic heterocycles. The monoisotopic (exact) mass is 457 g/mol. The summed E-state index contributed by atoms with van der Waals surface area (Å²) in [6.07, 6.45) is 5.39. The molecule has 1 aliphatic carbocycles. The first kappa shape index (κ1) is 21.4. The fraction of sp³-hybridized carbons (Fsp3) is 0.333. The van der Waals surface area contributed by atoms with Crippen LogP contribution < -0.4 is 10.0 Å². The first-order chi connectivity index (χ1) is 14.9. The molecular weight excluding hydrogens is 434 g/mol. The Hall–Kier alpha value is -2.85. The van der Waals surface area contributed by atoms with Gasteiger partial charge in [0.1, 0.15) is 0 Å². The average molecular weight is 458 g/mol. The van der Waals surface area contributed by atoms with E-state index in [1.54, 1.807) is 29.9 Å². The SMILES string of the molecule is CCC(NC(=O)c1ccc(-c2cncc(C)n2)cc1)c1csc(NS(=O)(=O)C2CC2)n1. The molecule has 1 aliphatic rings. The Kier molecular flexibility index (Phi) is 6.01. The van der Waals surface area contributed by atoms with Crippen molar-refractivity contribution in [2.45, 2.75) is 44.4 Å². The zero-order chi connectivity index (χ0) is 22.0. The normalized spacial score (nSPS) is 14.8. The number of carbonyl (C=O) groups is 1. The van der Waals surface area contributed by atoms with Crippen molar-refractivity contribution in [1.29, 1.82) is 0 Å². The summed E-state index contributed by atoms with van der Waals surface area (Å²) in [5.74, 6) is -0.221. The van der Waals surface area contributed by atoms with E-state index in [2.05, 4.69) is 25.0 Å². The highest BCUT2D eigenvalue weighted by atomic mass is 32.2. The first-order valence-electron chi connectivity index (χ1n) is 10.0. The molecule has 0 spiro atoms. The summed E-state index contributed by atoms with van der Waals surface area (Å²) in [6.45, 7) is 3.82. The number of hydrogen-bond donors (Lipinski definition) is 2. The van der Waals surface area contributed by atoms with E-state index < -0.39 is 10.0 Å². The number of hydrogen-bond acceptors (Lipinski definition) is 7. The lowest BCUT2D eigenvalue weighted by Crippen LogP contribution is -2.28. The topological polar surface area (TPSA) is 114 Å². The van der Waals surface area contributed by atoms with Crippen molar-refractivity contribution in [2.75, 3.05) is 4.72 Å². The third-order valence-electron chi connectivity index (χ3n) is 4.98. The molecule has 0 radical (unpaired) electrons. The second kappa shape index (κ2) is 8.72. The van der Waals surface area contributed by atoms with Crippen molar-refractivity contribution < 1.29 is 13.2 Å². The molecular formula is C21H23N5O3S2. The Morgan fingerprint density at radius 1 is 1.19 bits per heavy atom. The highest BCUT2D eigenvalue weighted by Crippen LogP contribution is 2.31. The number of amides is 1. The van der Waals surface area contributed by atoms with E-state index in [4.69, 9.17) is 0 Å². The number of rotatable bonds is 8. The number of benzene rings is 1. The van der Waals surface area contributed by atoms with Crippen LogP contribution in [-0.4, -0.2) is 34.5 Å². The van der Waals surface area contributed by atoms with Gasteiger partial charge in [-0.1, -0.05) is 19.1 Å². The Bertz CT molecular complexity index is 1190. The first-order valence-corrected chi connectivity index (χ1v) is 12.5. The molecule has 1 fully saturated rings. The minimum absolute atomic E-state index is 0.221. The second-order valence-corrected chi connectivity index (χ2v) is 10.3. The molecule has 1 aromatic carbocycles. The van der Waals surface area contributed by atoms with Gasteiger partial charge in [0.05, 0.1) is 34.6 Å². The summed E-state index contributed by atoms with van der Waals surface area (Å²) in [5, 5.41) is 4.78. The maximum atomic E-state index is 12.7. The number of carbonyl (C=O) groups excluding carboxylic acids is 1. The third kappa shape index (κ3) is 5.08. The van der Waals surface area contributed by atoms with Gasteiger partial charge in [-0.25, -0.2) is 18.4 Å². The molecule has 3 aromatic rings. The molecule has 8 nitrogen and oxygen atoms in total. The van der Waals surface area contributed by atoms with E-state index in [0.29, 0.717) is 35.7 Å². The molecule has 2 aromatic heterocycles. The van der Waals surface area contributed by atoms with Crippen molar-refractivity contribution in [3.63, 3.8) is 0 Å². The predicted molar refractivity (Wildman–Crippen MR) is 120 cm³/mol. The van der Waals surface area contributed by atoms with Crippen LogP contribution in [0, 0.1) is 6.92 Å². The van der Waals surface area contributed by atoms with Crippen LogP contribution in [0.4, 0.5) is 5.13 Å². The van der Waals surface area contributed by atoms with E-state index >= 15 is 0 Å². The molecule has 1 unspecified atom stereocenters. The van der Waals surface area contributed by atoms with Crippen LogP contribution in [0.2, 0.25) is 0 Å². The fourth-order valence-electron chi connectivity index (χ4n) is 3.10. The van der Waals surface area contributed by atoms with E-state index in [0.717, 1.165) is 17.0 Å². The van der Waals surface area contributed by atoms with Crippen LogP contribution >= 0.6 is 11.3 Å². The highest BCUT2D eigenvalue weighted by Gasteiger charge is 2.36. The molecule has 2 heterocycles. The van der Waals surface area contributed by atoms with Gasteiger partial charge >= 0.3 is 0 Å². The molecule has 162 valence electrons. The van der Waals surface area contributed by atoms with Gasteiger partial charge in [0, 0.05) is 22.7 Å². The number of nitrogens with one attached hydrogen (secondary N) is 2. The van der Waals surface area contributed by atoms with Gasteiger partial charge in [0.2, 0.25) is 10.0 Å². The lowest BCUT2D eigenvalue weighted by atomic mass is 10.1. The quantitative estimate of drug-likeness (QED) is 0.533. The van der Waals surface area contributed by atoms with Gasteiger partial charge in [0.15, 0.2) is 5.13 Å². The van der Waals surface area contributed by atoms with Gasteiger partial charge in [-0.05, 0) is 38.3 Å². The van der Waals surface area contributed by atoms with Gasteiger partial charge in [-0.15, -0.1) is 11.3 Å². The van der Waals surface area contributed by atoms with Gasteiger partial charge < -0.3 is 5.32 Å². The Labute approximate surface area is 185 Å². The van der Waals surface area contributed by atoms with Crippen LogP contribution in [0.1, 0.15) is 54.0 Å². The van der Waals surface area contributed by atoms with E-state index in [1.807, 2.05) is 26.0 Å². The standard InChI is InChI=1S/C21H23N5O3S2/c1-3-17(19-12-30-21(25-19)26-31(28,29)16-8-9-16)24-20(27)15-6-4-14(5-7-15)18-11-22-10-13(2)23-18/h4-7,10-12,16-17H,3,8-9H2,1-2H3,(H,24,27)(H,25,26). The molecule has 0 bridgehead atoms. The van der Waals surface area contributed by atoms with Crippen LogP contribution in [0.15, 0.2) is 42.0 Å². The van der Waals surface area contributed by atoms with E-state index in [9.17, 15) is 13.2 Å². The number of aryl methyl sites for hydroxylation is 1. The van der Waals surface area contributed by atoms with Gasteiger partial charge in [-0.3, -0.25) is 14.5 Å². The van der Waals surface area contributed by atoms with Crippen molar-refractivity contribution in [3.05, 3.63) is 59.0 Å². The highest BCUT2D eigenvalue weighted by molar-refractivity contribution is 7.93. The fourth-order valence-corrected chi connectivity index (χ4v) is 5.46. The predicted octanol–water partition coefficient (Wildman–Crippen LogP) is 3.69. The summed E-state index contributed by atoms with van der Waals surface area (Å²) in [6, 6.07) is 6.86. The molecule has 4 rings (SSSR count). The molecule has 10 heteroatoms. The van der Waals surface area contributed by atoms with Crippen LogP contribution in [0.25, 0.3) is 11.3 Å². The lowest BCUT2D eigenvalue weighted by molar-refractivity contribution is 0.0935. The Morgan fingerprint density at radius 2 is 1.94 bits per heavy atom. The second-order valence-electron chi connectivity index (χ2n) is 7.48. The van der Waals surface area contributed by atoms with E-state index in [1.165, 1.54) is 11.3 Å². The lowest BCUT2D eigenvalue weighted by Gasteiger charge is -2.15. The van der Waals surface area contributed by atoms with Crippen molar-refractivity contribution in [3.8, 4) is 11.3 Å². The number of sulfonamides is 1. The largest absolute Gasteiger partial charge is 0.344 e. The number of aromatic nitrogens is 3. The minimum Gasteiger partial charge on any atom is -0.344 e. The van der Waals surface area contributed by atoms with Crippen molar-refractivity contribution in [1.82, 2.24) is 20.3 Å². The summed E-state index contributed by atoms with van der Waals surface area (Å²) in [4.78, 5) is 25.7. The summed E-state index contributed by atoms with van der Waals surface area (Å²) in [5.41, 5.74) is 3.62. The van der Waals surface area contributed by atoms with E-state index in [-0.39, 0.29) is 17.2 Å². The van der Waals surface area contributed by atoms with Crippen LogP contribution in [0.5, 0.6) is 0 Å². The smallest absolute Gasteiger partial charge is 0.251 e. The van der Waals surface area contributed by atoms with Gasteiger partial charge in [-0.2, -0.15) is 0 Å². The molecule has 2 N–H and O–H groups in total. The Morgan fingerprint density at radius 3 is 2.58 bits per heavy atom. The zero-order valence-electron chi connectivity index (χ0n) is 17.2. The molecule has 1 amide bonds. The molecule has 1 saturated carbocycles. The summed E-state index contributed by atoms with van der Waals surface area (Å²) in [7, 11) is -3.35. The Balaban J connectivity index is 1.43. The summed E-state index contributed by atoms with van der Waals surface area (Å²) < 4.78 is 26.7. The van der Waals surface area contributed by atoms with Crippen molar-refractivity contribution >= 4 is 32.4 Å². The van der Waals surface area contributed by atoms with Crippen LogP contribution in [-0.2, 0) is 10.0 Å². The molecule has 31 heavy (non-hydrogen) atoms. The maximum Gasteiger partial charge on any atom is 0.251 e. The van der Waals surface area contributed by atoms with Crippen LogP contribution in [0.3, 0.4) is 0 Å². The maximum absolute atomic E-state index is 12.7.